The van der Waals surface area contributed by atoms with Crippen molar-refractivity contribution >= 4 is 33.5 Å². The van der Waals surface area contributed by atoms with Crippen LogP contribution in [-0.2, 0) is 11.2 Å². The Kier molecular flexibility index (Phi) is 5.86. The molecule has 4 rings (SSSR count). The highest BCUT2D eigenvalue weighted by Crippen LogP contribution is 2.35. The average molecular weight is 475 g/mol. The maximum Gasteiger partial charge on any atom is 0.410 e. The zero-order valence-corrected chi connectivity index (χ0v) is 19.2. The summed E-state index contributed by atoms with van der Waals surface area (Å²) in [5.41, 5.74) is 2.00. The third-order valence-electron chi connectivity index (χ3n) is 5.22. The highest BCUT2D eigenvalue weighted by atomic mass is 79.9. The molecule has 0 spiro atoms. The van der Waals surface area contributed by atoms with E-state index in [9.17, 15) is 4.79 Å². The van der Waals surface area contributed by atoms with E-state index in [1.165, 1.54) is 11.3 Å². The molecule has 160 valence electrons. The molecule has 1 amide bonds. The number of hydrogen-bond donors (Lipinski definition) is 0. The summed E-state index contributed by atoms with van der Waals surface area (Å²) in [6.07, 6.45) is 3.80. The molecule has 0 unspecified atom stereocenters. The van der Waals surface area contributed by atoms with Crippen molar-refractivity contribution < 1.29 is 14.3 Å². The van der Waals surface area contributed by atoms with Crippen molar-refractivity contribution in [3.8, 4) is 5.88 Å². The van der Waals surface area contributed by atoms with Gasteiger partial charge in [0, 0.05) is 48.7 Å². The summed E-state index contributed by atoms with van der Waals surface area (Å²) >= 11 is 3.54. The van der Waals surface area contributed by atoms with Gasteiger partial charge in [-0.15, -0.1) is 0 Å². The van der Waals surface area contributed by atoms with E-state index in [1.54, 1.807) is 11.2 Å². The summed E-state index contributed by atoms with van der Waals surface area (Å²) < 4.78 is 12.7. The van der Waals surface area contributed by atoms with Crippen LogP contribution >= 0.6 is 15.9 Å². The number of benzene rings is 1. The Bertz CT molecular complexity index is 923. The zero-order chi connectivity index (χ0) is 21.3. The minimum atomic E-state index is -0.480. The zero-order valence-electron chi connectivity index (χ0n) is 17.6. The standard InChI is InChI=1S/C22H27BrN4O3/c1-22(2,3)30-21(28)26-9-7-17(8-10-26)29-20-13-19(24-14-25-20)27-11-6-15-12-16(23)4-5-18(15)27/h4-5,12-14,17H,6-11H2,1-3H3. The number of fused-ring (bicyclic) bond motifs is 1. The number of rotatable bonds is 3. The summed E-state index contributed by atoms with van der Waals surface area (Å²) in [6, 6.07) is 8.22. The van der Waals surface area contributed by atoms with E-state index in [2.05, 4.69) is 42.9 Å². The Morgan fingerprint density at radius 1 is 1.13 bits per heavy atom. The molecular formula is C22H27BrN4O3. The van der Waals surface area contributed by atoms with Gasteiger partial charge in [-0.2, -0.15) is 0 Å². The molecule has 0 radical (unpaired) electrons. The molecule has 0 bridgehead atoms. The number of amides is 1. The Labute approximate surface area is 185 Å². The van der Waals surface area contributed by atoms with Crippen LogP contribution in [0.4, 0.5) is 16.3 Å². The highest BCUT2D eigenvalue weighted by Gasteiger charge is 2.28. The predicted octanol–water partition coefficient (Wildman–Crippen LogP) is 4.71. The molecule has 1 fully saturated rings. The smallest absolute Gasteiger partial charge is 0.410 e. The van der Waals surface area contributed by atoms with Gasteiger partial charge < -0.3 is 19.3 Å². The van der Waals surface area contributed by atoms with Gasteiger partial charge in [-0.3, -0.25) is 0 Å². The van der Waals surface area contributed by atoms with E-state index in [0.29, 0.717) is 19.0 Å². The Balaban J connectivity index is 1.37. The molecule has 0 saturated carbocycles. The summed E-state index contributed by atoms with van der Waals surface area (Å²) in [5.74, 6) is 1.41. The fourth-order valence-electron chi connectivity index (χ4n) is 3.80. The summed E-state index contributed by atoms with van der Waals surface area (Å²) in [6.45, 7) is 7.76. The molecule has 1 aromatic heterocycles. The van der Waals surface area contributed by atoms with E-state index in [4.69, 9.17) is 9.47 Å². The fraction of sp³-hybridized carbons (Fsp3) is 0.500. The van der Waals surface area contributed by atoms with Gasteiger partial charge in [-0.25, -0.2) is 14.8 Å². The average Bonchev–Trinajstić information content (AvgIpc) is 3.10. The molecule has 2 aliphatic heterocycles. The maximum atomic E-state index is 12.2. The first-order chi connectivity index (χ1) is 14.3. The summed E-state index contributed by atoms with van der Waals surface area (Å²) in [5, 5.41) is 0. The lowest BCUT2D eigenvalue weighted by atomic mass is 10.1. The number of anilines is 2. The van der Waals surface area contributed by atoms with Gasteiger partial charge in [-0.05, 0) is 51.0 Å². The number of nitrogens with zero attached hydrogens (tertiary/aromatic N) is 4. The number of halogens is 1. The van der Waals surface area contributed by atoms with Crippen LogP contribution in [0.15, 0.2) is 35.1 Å². The third-order valence-corrected chi connectivity index (χ3v) is 5.72. The second-order valence-corrected chi connectivity index (χ2v) is 9.59. The first-order valence-corrected chi connectivity index (χ1v) is 11.1. The lowest BCUT2D eigenvalue weighted by Gasteiger charge is -2.33. The number of carbonyl (C=O) groups is 1. The van der Waals surface area contributed by atoms with Crippen molar-refractivity contribution in [2.45, 2.75) is 51.7 Å². The SMILES string of the molecule is CC(C)(C)OC(=O)N1CCC(Oc2cc(N3CCc4cc(Br)ccc43)ncn2)CC1. The van der Waals surface area contributed by atoms with Crippen molar-refractivity contribution in [2.24, 2.45) is 0 Å². The molecule has 2 aliphatic rings. The van der Waals surface area contributed by atoms with E-state index in [1.807, 2.05) is 32.9 Å². The van der Waals surface area contributed by atoms with Crippen LogP contribution in [0.3, 0.4) is 0 Å². The minimum absolute atomic E-state index is 0.0215. The Morgan fingerprint density at radius 2 is 1.90 bits per heavy atom. The molecule has 0 atom stereocenters. The van der Waals surface area contributed by atoms with Gasteiger partial charge in [0.2, 0.25) is 5.88 Å². The maximum absolute atomic E-state index is 12.2. The van der Waals surface area contributed by atoms with Gasteiger partial charge >= 0.3 is 6.09 Å². The summed E-state index contributed by atoms with van der Waals surface area (Å²) in [4.78, 5) is 24.9. The minimum Gasteiger partial charge on any atom is -0.474 e. The molecule has 0 aliphatic carbocycles. The topological polar surface area (TPSA) is 67.8 Å². The normalized spacial score (nSPS) is 17.1. The molecule has 8 heteroatoms. The largest absolute Gasteiger partial charge is 0.474 e. The quantitative estimate of drug-likeness (QED) is 0.641. The van der Waals surface area contributed by atoms with Gasteiger partial charge in [0.15, 0.2) is 0 Å². The van der Waals surface area contributed by atoms with Crippen LogP contribution in [0, 0.1) is 0 Å². The molecular weight excluding hydrogens is 448 g/mol. The molecule has 0 N–H and O–H groups in total. The number of carbonyl (C=O) groups excluding carboxylic acids is 1. The van der Waals surface area contributed by atoms with Gasteiger partial charge in [0.1, 0.15) is 23.9 Å². The van der Waals surface area contributed by atoms with Gasteiger partial charge in [0.05, 0.1) is 0 Å². The van der Waals surface area contributed by atoms with Crippen LogP contribution in [0.25, 0.3) is 0 Å². The van der Waals surface area contributed by atoms with Gasteiger partial charge in [-0.1, -0.05) is 15.9 Å². The molecule has 2 aromatic rings. The number of ether oxygens (including phenoxy) is 2. The van der Waals surface area contributed by atoms with Crippen LogP contribution in [0.2, 0.25) is 0 Å². The molecule has 3 heterocycles. The van der Waals surface area contributed by atoms with Crippen molar-refractivity contribution in [3.05, 3.63) is 40.6 Å². The second-order valence-electron chi connectivity index (χ2n) is 8.67. The molecule has 7 nitrogen and oxygen atoms in total. The summed E-state index contributed by atoms with van der Waals surface area (Å²) in [7, 11) is 0. The predicted molar refractivity (Wildman–Crippen MR) is 118 cm³/mol. The second kappa shape index (κ2) is 8.41. The van der Waals surface area contributed by atoms with E-state index in [0.717, 1.165) is 36.1 Å². The van der Waals surface area contributed by atoms with Gasteiger partial charge in [0.25, 0.3) is 0 Å². The van der Waals surface area contributed by atoms with Crippen molar-refractivity contribution in [1.82, 2.24) is 14.9 Å². The van der Waals surface area contributed by atoms with Crippen LogP contribution in [0.5, 0.6) is 5.88 Å². The van der Waals surface area contributed by atoms with E-state index in [-0.39, 0.29) is 12.2 Å². The first kappa shape index (κ1) is 20.9. The van der Waals surface area contributed by atoms with Crippen LogP contribution in [-0.4, -0.2) is 52.3 Å². The number of hydrogen-bond acceptors (Lipinski definition) is 6. The highest BCUT2D eigenvalue weighted by molar-refractivity contribution is 9.10. The monoisotopic (exact) mass is 474 g/mol. The molecule has 30 heavy (non-hydrogen) atoms. The molecule has 1 aromatic carbocycles. The van der Waals surface area contributed by atoms with Crippen molar-refractivity contribution in [2.75, 3.05) is 24.5 Å². The Morgan fingerprint density at radius 3 is 2.63 bits per heavy atom. The first-order valence-electron chi connectivity index (χ1n) is 10.3. The lowest BCUT2D eigenvalue weighted by molar-refractivity contribution is 0.0123. The van der Waals surface area contributed by atoms with Crippen LogP contribution < -0.4 is 9.64 Å². The molecule has 1 saturated heterocycles. The third kappa shape index (κ3) is 4.86. The van der Waals surface area contributed by atoms with Crippen molar-refractivity contribution in [3.63, 3.8) is 0 Å². The van der Waals surface area contributed by atoms with Crippen LogP contribution in [0.1, 0.15) is 39.2 Å². The number of aromatic nitrogens is 2. The Hall–Kier alpha value is -2.35. The number of piperidine rings is 1. The van der Waals surface area contributed by atoms with Crippen molar-refractivity contribution in [1.29, 1.82) is 0 Å². The lowest BCUT2D eigenvalue weighted by Crippen LogP contribution is -2.44. The van der Waals surface area contributed by atoms with E-state index >= 15 is 0 Å². The number of likely N-dealkylation sites (tertiary alicyclic amines) is 1. The van der Waals surface area contributed by atoms with E-state index < -0.39 is 5.60 Å². The fourth-order valence-corrected chi connectivity index (χ4v) is 4.21.